The molecule has 0 aliphatic heterocycles. The number of hydrogen-bond donors (Lipinski definition) is 3. The highest BCUT2D eigenvalue weighted by Gasteiger charge is 2.27. The van der Waals surface area contributed by atoms with Crippen LogP contribution in [0.25, 0.3) is 0 Å². The quantitative estimate of drug-likeness (QED) is 0.710. The summed E-state index contributed by atoms with van der Waals surface area (Å²) < 4.78 is 0. The summed E-state index contributed by atoms with van der Waals surface area (Å²) in [6, 6.07) is 0. The summed E-state index contributed by atoms with van der Waals surface area (Å²) in [5, 5.41) is 6.41. The van der Waals surface area contributed by atoms with E-state index < -0.39 is 11.4 Å². The van der Waals surface area contributed by atoms with E-state index in [1.807, 2.05) is 0 Å². The van der Waals surface area contributed by atoms with E-state index in [4.69, 9.17) is 5.73 Å². The number of nitrogens with two attached hydrogens (primary N) is 1. The van der Waals surface area contributed by atoms with Crippen LogP contribution in [0.15, 0.2) is 6.33 Å². The summed E-state index contributed by atoms with van der Waals surface area (Å²) in [5.74, 6) is 1.26. The Hall–Kier alpha value is -1.85. The van der Waals surface area contributed by atoms with Gasteiger partial charge < -0.3 is 16.4 Å². The number of rotatable bonds is 7. The molecule has 1 amide bonds. The van der Waals surface area contributed by atoms with E-state index in [0.717, 1.165) is 24.3 Å². The third-order valence-electron chi connectivity index (χ3n) is 3.05. The van der Waals surface area contributed by atoms with Crippen LogP contribution in [0.2, 0.25) is 0 Å². The molecular weight excluding hydrogens is 254 g/mol. The average Bonchev–Trinajstić information content (AvgIpc) is 2.35. The topological polar surface area (TPSA) is 92.9 Å². The van der Waals surface area contributed by atoms with Crippen molar-refractivity contribution < 1.29 is 4.79 Å². The van der Waals surface area contributed by atoms with Gasteiger partial charge in [-0.05, 0) is 26.2 Å². The standard InChI is InChI=1S/C14H25N5O/c1-6-7-16-11-10(9(2)3)12(18-8-17-11)19-14(4,5)13(15)20/h8-9H,6-7H2,1-5H3,(H2,15,20)(H2,16,17,18,19). The summed E-state index contributed by atoms with van der Waals surface area (Å²) in [5.41, 5.74) is 5.51. The Morgan fingerprint density at radius 2 is 1.95 bits per heavy atom. The zero-order valence-electron chi connectivity index (χ0n) is 12.9. The lowest BCUT2D eigenvalue weighted by molar-refractivity contribution is -0.121. The minimum Gasteiger partial charge on any atom is -0.370 e. The molecule has 0 radical (unpaired) electrons. The monoisotopic (exact) mass is 279 g/mol. The van der Waals surface area contributed by atoms with E-state index in [1.165, 1.54) is 6.33 Å². The molecule has 1 rings (SSSR count). The number of amides is 1. The molecule has 20 heavy (non-hydrogen) atoms. The highest BCUT2D eigenvalue weighted by molar-refractivity contribution is 5.87. The van der Waals surface area contributed by atoms with E-state index in [2.05, 4.69) is 41.4 Å². The molecule has 112 valence electrons. The molecule has 0 aliphatic rings. The van der Waals surface area contributed by atoms with Gasteiger partial charge in [-0.3, -0.25) is 4.79 Å². The number of carbonyl (C=O) groups is 1. The van der Waals surface area contributed by atoms with Crippen molar-refractivity contribution in [2.45, 2.75) is 52.5 Å². The Morgan fingerprint density at radius 1 is 1.35 bits per heavy atom. The van der Waals surface area contributed by atoms with E-state index in [0.29, 0.717) is 5.82 Å². The van der Waals surface area contributed by atoms with Gasteiger partial charge >= 0.3 is 0 Å². The zero-order valence-corrected chi connectivity index (χ0v) is 12.9. The first-order valence-corrected chi connectivity index (χ1v) is 6.96. The average molecular weight is 279 g/mol. The van der Waals surface area contributed by atoms with Crippen molar-refractivity contribution in [3.63, 3.8) is 0 Å². The van der Waals surface area contributed by atoms with Crippen molar-refractivity contribution in [1.82, 2.24) is 9.97 Å². The molecule has 0 saturated carbocycles. The second-order valence-corrected chi connectivity index (χ2v) is 5.68. The van der Waals surface area contributed by atoms with Gasteiger partial charge in [0.05, 0.1) is 0 Å². The van der Waals surface area contributed by atoms with E-state index in [9.17, 15) is 4.79 Å². The van der Waals surface area contributed by atoms with Gasteiger partial charge in [-0.1, -0.05) is 20.8 Å². The third kappa shape index (κ3) is 3.82. The highest BCUT2D eigenvalue weighted by Crippen LogP contribution is 2.29. The van der Waals surface area contributed by atoms with Crippen molar-refractivity contribution in [3.05, 3.63) is 11.9 Å². The fourth-order valence-electron chi connectivity index (χ4n) is 1.78. The third-order valence-corrected chi connectivity index (χ3v) is 3.05. The van der Waals surface area contributed by atoms with Crippen LogP contribution in [0.3, 0.4) is 0 Å². The van der Waals surface area contributed by atoms with Gasteiger partial charge in [0, 0.05) is 12.1 Å². The van der Waals surface area contributed by atoms with Crippen LogP contribution in [0, 0.1) is 0 Å². The Bertz CT molecular complexity index is 471. The summed E-state index contributed by atoms with van der Waals surface area (Å²) in [4.78, 5) is 20.0. The molecule has 0 saturated heterocycles. The summed E-state index contributed by atoms with van der Waals surface area (Å²) in [7, 11) is 0. The lowest BCUT2D eigenvalue weighted by Crippen LogP contribution is -2.45. The molecule has 0 fully saturated rings. The smallest absolute Gasteiger partial charge is 0.242 e. The predicted octanol–water partition coefficient (Wildman–Crippen LogP) is 2.10. The van der Waals surface area contributed by atoms with Crippen molar-refractivity contribution in [2.75, 3.05) is 17.2 Å². The molecule has 1 aromatic rings. The van der Waals surface area contributed by atoms with Crippen molar-refractivity contribution in [3.8, 4) is 0 Å². The maximum atomic E-state index is 11.5. The van der Waals surface area contributed by atoms with Crippen LogP contribution in [-0.2, 0) is 4.79 Å². The second kappa shape index (κ2) is 6.54. The fourth-order valence-corrected chi connectivity index (χ4v) is 1.78. The molecule has 0 aliphatic carbocycles. The molecule has 6 heteroatoms. The molecule has 4 N–H and O–H groups in total. The van der Waals surface area contributed by atoms with Gasteiger partial charge in [0.15, 0.2) is 0 Å². The lowest BCUT2D eigenvalue weighted by atomic mass is 10.0. The van der Waals surface area contributed by atoms with Crippen LogP contribution in [0.4, 0.5) is 11.6 Å². The van der Waals surface area contributed by atoms with Crippen LogP contribution >= 0.6 is 0 Å². The second-order valence-electron chi connectivity index (χ2n) is 5.68. The Kier molecular flexibility index (Phi) is 5.30. The van der Waals surface area contributed by atoms with Gasteiger partial charge in [-0.25, -0.2) is 9.97 Å². The molecule has 0 bridgehead atoms. The van der Waals surface area contributed by atoms with E-state index in [-0.39, 0.29) is 5.92 Å². The van der Waals surface area contributed by atoms with Gasteiger partial charge in [0.1, 0.15) is 23.5 Å². The Balaban J connectivity index is 3.15. The molecule has 0 spiro atoms. The summed E-state index contributed by atoms with van der Waals surface area (Å²) >= 11 is 0. The SMILES string of the molecule is CCCNc1ncnc(NC(C)(C)C(N)=O)c1C(C)C. The van der Waals surface area contributed by atoms with Crippen molar-refractivity contribution in [1.29, 1.82) is 0 Å². The maximum absolute atomic E-state index is 11.5. The Labute approximate surface area is 120 Å². The molecular formula is C14H25N5O. The van der Waals surface area contributed by atoms with Gasteiger partial charge in [0.25, 0.3) is 0 Å². The highest BCUT2D eigenvalue weighted by atomic mass is 16.1. The number of aromatic nitrogens is 2. The molecule has 1 heterocycles. The number of hydrogen-bond acceptors (Lipinski definition) is 5. The van der Waals surface area contributed by atoms with Gasteiger partial charge in [-0.2, -0.15) is 0 Å². The lowest BCUT2D eigenvalue weighted by Gasteiger charge is -2.26. The normalized spacial score (nSPS) is 11.5. The maximum Gasteiger partial charge on any atom is 0.242 e. The minimum atomic E-state index is -0.861. The number of nitrogens with zero attached hydrogens (tertiary/aromatic N) is 2. The van der Waals surface area contributed by atoms with E-state index >= 15 is 0 Å². The van der Waals surface area contributed by atoms with Crippen LogP contribution < -0.4 is 16.4 Å². The summed E-state index contributed by atoms with van der Waals surface area (Å²) in [6.07, 6.45) is 2.50. The predicted molar refractivity (Wildman–Crippen MR) is 81.8 cm³/mol. The van der Waals surface area contributed by atoms with Crippen molar-refractivity contribution >= 4 is 17.5 Å². The number of anilines is 2. The fraction of sp³-hybridized carbons (Fsp3) is 0.643. The molecule has 6 nitrogen and oxygen atoms in total. The first kappa shape index (κ1) is 16.2. The Morgan fingerprint density at radius 3 is 2.45 bits per heavy atom. The first-order chi connectivity index (χ1) is 9.29. The number of carbonyl (C=O) groups excluding carboxylic acids is 1. The first-order valence-electron chi connectivity index (χ1n) is 6.96. The van der Waals surface area contributed by atoms with Crippen molar-refractivity contribution in [2.24, 2.45) is 5.73 Å². The van der Waals surface area contributed by atoms with Gasteiger partial charge in [0.2, 0.25) is 5.91 Å². The molecule has 0 aromatic carbocycles. The van der Waals surface area contributed by atoms with Crippen LogP contribution in [-0.4, -0.2) is 28.0 Å². The van der Waals surface area contributed by atoms with Crippen LogP contribution in [0.1, 0.15) is 52.5 Å². The van der Waals surface area contributed by atoms with Crippen LogP contribution in [0.5, 0.6) is 0 Å². The number of primary amides is 1. The minimum absolute atomic E-state index is 0.224. The largest absolute Gasteiger partial charge is 0.370 e. The molecule has 0 unspecified atom stereocenters. The number of nitrogens with one attached hydrogen (secondary N) is 2. The summed E-state index contributed by atoms with van der Waals surface area (Å²) in [6.45, 7) is 10.5. The molecule has 1 aromatic heterocycles. The van der Waals surface area contributed by atoms with E-state index in [1.54, 1.807) is 13.8 Å². The molecule has 0 atom stereocenters. The zero-order chi connectivity index (χ0) is 15.3. The van der Waals surface area contributed by atoms with Gasteiger partial charge in [-0.15, -0.1) is 0 Å².